The highest BCUT2D eigenvalue weighted by Crippen LogP contribution is 2.42. The highest BCUT2D eigenvalue weighted by Gasteiger charge is 2.32. The molecule has 2 N–H and O–H groups in total. The Labute approximate surface area is 166 Å². The van der Waals surface area contributed by atoms with Gasteiger partial charge in [0.25, 0.3) is 0 Å². The van der Waals surface area contributed by atoms with Gasteiger partial charge in [-0.2, -0.15) is 20.5 Å². The summed E-state index contributed by atoms with van der Waals surface area (Å²) in [6.07, 6.45) is 2.51. The number of aromatic nitrogens is 8. The topological polar surface area (TPSA) is 101 Å². The number of rotatable bonds is 4. The van der Waals surface area contributed by atoms with E-state index in [9.17, 15) is 0 Å². The molecule has 0 spiro atoms. The van der Waals surface area contributed by atoms with Gasteiger partial charge in [-0.05, 0) is 56.0 Å². The van der Waals surface area contributed by atoms with Crippen molar-refractivity contribution < 1.29 is 0 Å². The minimum atomic E-state index is 0.338. The molecule has 29 heavy (non-hydrogen) atoms. The lowest BCUT2D eigenvalue weighted by molar-refractivity contribution is 0.617. The summed E-state index contributed by atoms with van der Waals surface area (Å²) in [6.45, 7) is 4.18. The van der Waals surface area contributed by atoms with Crippen LogP contribution < -0.4 is 0 Å². The van der Waals surface area contributed by atoms with Crippen LogP contribution in [0.3, 0.4) is 0 Å². The molecule has 0 saturated heterocycles. The standard InChI is InChI=1S/C21H20N8/c1-11(13-6-7-13)20-24-21(15-4-3-5-17-19(15)26-28-25-17)29(27-20)14-8-9-16-18(10-14)23-12(2)22-16/h3-5,8-11,13H,6-7H2,1-2H3,(H,22,23)(H,25,26,28). The van der Waals surface area contributed by atoms with Crippen LogP contribution in [0.15, 0.2) is 36.4 Å². The predicted molar refractivity (Wildman–Crippen MR) is 110 cm³/mol. The number of nitrogens with one attached hydrogen (secondary N) is 2. The molecule has 1 atom stereocenters. The molecule has 6 rings (SSSR count). The van der Waals surface area contributed by atoms with Crippen LogP contribution in [0.4, 0.5) is 0 Å². The monoisotopic (exact) mass is 384 g/mol. The molecule has 144 valence electrons. The van der Waals surface area contributed by atoms with Gasteiger partial charge in [0.2, 0.25) is 0 Å². The molecule has 0 aliphatic heterocycles. The van der Waals surface area contributed by atoms with Gasteiger partial charge in [0.1, 0.15) is 16.9 Å². The Bertz CT molecular complexity index is 1350. The van der Waals surface area contributed by atoms with Crippen molar-refractivity contribution in [2.24, 2.45) is 5.92 Å². The van der Waals surface area contributed by atoms with E-state index in [0.717, 1.165) is 50.8 Å². The van der Waals surface area contributed by atoms with E-state index < -0.39 is 0 Å². The Morgan fingerprint density at radius 3 is 2.83 bits per heavy atom. The maximum absolute atomic E-state index is 4.98. The van der Waals surface area contributed by atoms with Gasteiger partial charge in [0.15, 0.2) is 11.6 Å². The third-order valence-electron chi connectivity index (χ3n) is 5.78. The summed E-state index contributed by atoms with van der Waals surface area (Å²) in [5.74, 6) is 3.57. The van der Waals surface area contributed by atoms with Crippen molar-refractivity contribution >= 4 is 22.1 Å². The maximum Gasteiger partial charge on any atom is 0.165 e. The van der Waals surface area contributed by atoms with Crippen LogP contribution in [0.2, 0.25) is 0 Å². The first-order chi connectivity index (χ1) is 14.2. The summed E-state index contributed by atoms with van der Waals surface area (Å²) in [6, 6.07) is 12.1. The molecule has 1 fully saturated rings. The minimum absolute atomic E-state index is 0.338. The fourth-order valence-electron chi connectivity index (χ4n) is 3.99. The molecule has 5 aromatic rings. The van der Waals surface area contributed by atoms with Gasteiger partial charge in [0, 0.05) is 11.5 Å². The van der Waals surface area contributed by atoms with Crippen LogP contribution in [0.5, 0.6) is 0 Å². The molecule has 0 amide bonds. The van der Waals surface area contributed by atoms with E-state index in [1.165, 1.54) is 12.8 Å². The van der Waals surface area contributed by atoms with Crippen molar-refractivity contribution in [1.29, 1.82) is 0 Å². The van der Waals surface area contributed by atoms with E-state index in [4.69, 9.17) is 10.1 Å². The van der Waals surface area contributed by atoms with Crippen molar-refractivity contribution in [2.75, 3.05) is 0 Å². The number of benzene rings is 2. The molecule has 1 aliphatic rings. The van der Waals surface area contributed by atoms with Crippen molar-refractivity contribution in [3.05, 3.63) is 48.0 Å². The number of hydrogen-bond acceptors (Lipinski definition) is 5. The minimum Gasteiger partial charge on any atom is -0.342 e. The summed E-state index contributed by atoms with van der Waals surface area (Å²) in [5, 5.41) is 16.2. The second kappa shape index (κ2) is 5.97. The van der Waals surface area contributed by atoms with E-state index in [2.05, 4.69) is 38.4 Å². The first kappa shape index (κ1) is 16.4. The summed E-state index contributed by atoms with van der Waals surface area (Å²) in [4.78, 5) is 12.8. The Kier molecular flexibility index (Phi) is 3.38. The SMILES string of the molecule is Cc1nc2ccc(-n3nc(C(C)C4CC4)nc3-c3cccc4n[nH]nc34)cc2[nH]1. The summed E-state index contributed by atoms with van der Waals surface area (Å²) in [7, 11) is 0. The van der Waals surface area contributed by atoms with Crippen molar-refractivity contribution in [2.45, 2.75) is 32.6 Å². The van der Waals surface area contributed by atoms with Gasteiger partial charge in [-0.3, -0.25) is 0 Å². The molecule has 8 heteroatoms. The van der Waals surface area contributed by atoms with E-state index in [0.29, 0.717) is 11.8 Å². The zero-order valence-corrected chi connectivity index (χ0v) is 16.2. The van der Waals surface area contributed by atoms with Crippen LogP contribution in [-0.4, -0.2) is 40.1 Å². The average molecular weight is 384 g/mol. The molecule has 1 saturated carbocycles. The largest absolute Gasteiger partial charge is 0.342 e. The number of aromatic amines is 2. The van der Waals surface area contributed by atoms with Gasteiger partial charge >= 0.3 is 0 Å². The molecule has 8 nitrogen and oxygen atoms in total. The van der Waals surface area contributed by atoms with Crippen LogP contribution in [0.1, 0.15) is 37.3 Å². The lowest BCUT2D eigenvalue weighted by atomic mass is 10.1. The Balaban J connectivity index is 1.58. The van der Waals surface area contributed by atoms with Gasteiger partial charge in [-0.15, -0.1) is 0 Å². The molecule has 3 heterocycles. The fourth-order valence-corrected chi connectivity index (χ4v) is 3.99. The van der Waals surface area contributed by atoms with Gasteiger partial charge in [0.05, 0.1) is 16.7 Å². The Morgan fingerprint density at radius 1 is 1.07 bits per heavy atom. The van der Waals surface area contributed by atoms with Crippen molar-refractivity contribution in [3.8, 4) is 17.1 Å². The summed E-state index contributed by atoms with van der Waals surface area (Å²) in [5.41, 5.74) is 5.40. The lowest BCUT2D eigenvalue weighted by Gasteiger charge is -2.06. The van der Waals surface area contributed by atoms with Crippen LogP contribution >= 0.6 is 0 Å². The first-order valence-electron chi connectivity index (χ1n) is 9.91. The number of H-pyrrole nitrogens is 2. The number of fused-ring (bicyclic) bond motifs is 2. The highest BCUT2D eigenvalue weighted by atomic mass is 15.4. The lowest BCUT2D eigenvalue weighted by Crippen LogP contribution is -2.02. The van der Waals surface area contributed by atoms with Crippen LogP contribution in [0, 0.1) is 12.8 Å². The van der Waals surface area contributed by atoms with Gasteiger partial charge in [-0.25, -0.2) is 14.6 Å². The Hall–Kier alpha value is -3.55. The number of imidazole rings is 1. The maximum atomic E-state index is 4.98. The highest BCUT2D eigenvalue weighted by molar-refractivity contribution is 5.89. The molecular formula is C21H20N8. The van der Waals surface area contributed by atoms with Crippen molar-refractivity contribution in [3.63, 3.8) is 0 Å². The number of para-hydroxylation sites is 1. The second-order valence-corrected chi connectivity index (χ2v) is 7.85. The van der Waals surface area contributed by atoms with Crippen LogP contribution in [0.25, 0.3) is 39.1 Å². The zero-order chi connectivity index (χ0) is 19.5. The number of aryl methyl sites for hydroxylation is 1. The summed E-state index contributed by atoms with van der Waals surface area (Å²) >= 11 is 0. The molecule has 1 aliphatic carbocycles. The quantitative estimate of drug-likeness (QED) is 0.489. The molecule has 2 aromatic carbocycles. The second-order valence-electron chi connectivity index (χ2n) is 7.85. The first-order valence-corrected chi connectivity index (χ1v) is 9.91. The van der Waals surface area contributed by atoms with Crippen molar-refractivity contribution in [1.82, 2.24) is 40.1 Å². The van der Waals surface area contributed by atoms with E-state index in [-0.39, 0.29) is 0 Å². The predicted octanol–water partition coefficient (Wildman–Crippen LogP) is 3.90. The van der Waals surface area contributed by atoms with E-state index in [1.807, 2.05) is 41.9 Å². The van der Waals surface area contributed by atoms with E-state index >= 15 is 0 Å². The number of nitrogens with zero attached hydrogens (tertiary/aromatic N) is 6. The molecule has 1 unspecified atom stereocenters. The average Bonchev–Trinajstić information content (AvgIpc) is 3.13. The smallest absolute Gasteiger partial charge is 0.165 e. The normalized spacial score (nSPS) is 15.4. The molecule has 0 radical (unpaired) electrons. The molecule has 3 aromatic heterocycles. The summed E-state index contributed by atoms with van der Waals surface area (Å²) < 4.78 is 1.92. The molecular weight excluding hydrogens is 364 g/mol. The van der Waals surface area contributed by atoms with Gasteiger partial charge in [-0.1, -0.05) is 13.0 Å². The van der Waals surface area contributed by atoms with Crippen LogP contribution in [-0.2, 0) is 0 Å². The zero-order valence-electron chi connectivity index (χ0n) is 16.2. The molecule has 0 bridgehead atoms. The third-order valence-corrected chi connectivity index (χ3v) is 5.78. The number of hydrogen-bond donors (Lipinski definition) is 2. The van der Waals surface area contributed by atoms with Gasteiger partial charge < -0.3 is 4.98 Å². The third kappa shape index (κ3) is 2.63. The Morgan fingerprint density at radius 2 is 1.97 bits per heavy atom. The van der Waals surface area contributed by atoms with E-state index in [1.54, 1.807) is 0 Å². The fraction of sp³-hybridized carbons (Fsp3) is 0.286.